The van der Waals surface area contributed by atoms with Gasteiger partial charge in [0.2, 0.25) is 11.8 Å². The Morgan fingerprint density at radius 3 is 2.66 bits per heavy atom. The van der Waals surface area contributed by atoms with Crippen LogP contribution in [-0.2, 0) is 16.1 Å². The summed E-state index contributed by atoms with van der Waals surface area (Å²) in [5.74, 6) is 0.479. The molecule has 0 bridgehead atoms. The van der Waals surface area contributed by atoms with Crippen LogP contribution in [0.1, 0.15) is 55.6 Å². The van der Waals surface area contributed by atoms with Crippen LogP contribution in [0.3, 0.4) is 0 Å². The number of nitrogens with one attached hydrogen (secondary N) is 1. The molecule has 1 aliphatic heterocycles. The summed E-state index contributed by atoms with van der Waals surface area (Å²) >= 11 is 0. The van der Waals surface area contributed by atoms with E-state index in [1.54, 1.807) is 0 Å². The second-order valence-corrected chi connectivity index (χ2v) is 8.13. The SMILES string of the molecule is NCc1cccc([C@H]2CCC[C@H]2C(=O)Nc2ccc(N3CCCCC3=O)cc2)c1. The number of nitrogens with two attached hydrogens (primary N) is 1. The highest BCUT2D eigenvalue weighted by Gasteiger charge is 2.34. The van der Waals surface area contributed by atoms with Crippen molar-refractivity contribution in [1.29, 1.82) is 0 Å². The monoisotopic (exact) mass is 391 g/mol. The van der Waals surface area contributed by atoms with E-state index in [0.29, 0.717) is 13.0 Å². The Kier molecular flexibility index (Phi) is 5.95. The Bertz CT molecular complexity index is 878. The molecule has 3 N–H and O–H groups in total. The average Bonchev–Trinajstić information content (AvgIpc) is 3.25. The van der Waals surface area contributed by atoms with Crippen molar-refractivity contribution >= 4 is 23.2 Å². The summed E-state index contributed by atoms with van der Waals surface area (Å²) in [6, 6.07) is 16.0. The van der Waals surface area contributed by atoms with E-state index < -0.39 is 0 Å². The Labute approximate surface area is 172 Å². The zero-order chi connectivity index (χ0) is 20.2. The van der Waals surface area contributed by atoms with Crippen molar-refractivity contribution in [1.82, 2.24) is 0 Å². The van der Waals surface area contributed by atoms with Gasteiger partial charge in [0, 0.05) is 36.8 Å². The largest absolute Gasteiger partial charge is 0.326 e. The van der Waals surface area contributed by atoms with Gasteiger partial charge in [-0.25, -0.2) is 0 Å². The van der Waals surface area contributed by atoms with E-state index >= 15 is 0 Å². The van der Waals surface area contributed by atoms with Crippen LogP contribution >= 0.6 is 0 Å². The van der Waals surface area contributed by atoms with Crippen molar-refractivity contribution in [2.75, 3.05) is 16.8 Å². The molecule has 2 aromatic rings. The van der Waals surface area contributed by atoms with Crippen molar-refractivity contribution in [3.05, 3.63) is 59.7 Å². The number of piperidine rings is 1. The van der Waals surface area contributed by atoms with Crippen LogP contribution in [0, 0.1) is 5.92 Å². The second-order valence-electron chi connectivity index (χ2n) is 8.13. The van der Waals surface area contributed by atoms with Gasteiger partial charge in [-0.05, 0) is 67.0 Å². The minimum absolute atomic E-state index is 0.0219. The molecule has 1 saturated carbocycles. The fourth-order valence-electron chi connectivity index (χ4n) is 4.66. The maximum Gasteiger partial charge on any atom is 0.228 e. The van der Waals surface area contributed by atoms with Gasteiger partial charge in [-0.2, -0.15) is 0 Å². The van der Waals surface area contributed by atoms with Crippen molar-refractivity contribution in [2.45, 2.75) is 51.0 Å². The van der Waals surface area contributed by atoms with E-state index in [1.807, 2.05) is 41.3 Å². The first kappa shape index (κ1) is 19.6. The fourth-order valence-corrected chi connectivity index (χ4v) is 4.66. The van der Waals surface area contributed by atoms with E-state index in [2.05, 4.69) is 17.4 Å². The van der Waals surface area contributed by atoms with Crippen molar-refractivity contribution in [3.63, 3.8) is 0 Å². The Morgan fingerprint density at radius 2 is 1.90 bits per heavy atom. The molecule has 2 atom stereocenters. The first-order valence-electron chi connectivity index (χ1n) is 10.7. The molecule has 4 rings (SSSR count). The lowest BCUT2D eigenvalue weighted by atomic mass is 9.87. The van der Waals surface area contributed by atoms with Crippen LogP contribution in [-0.4, -0.2) is 18.4 Å². The number of anilines is 2. The number of hydrogen-bond acceptors (Lipinski definition) is 3. The number of carbonyl (C=O) groups is 2. The molecular formula is C24H29N3O2. The fraction of sp³-hybridized carbons (Fsp3) is 0.417. The lowest BCUT2D eigenvalue weighted by molar-refractivity contribution is -0.120. The molecule has 152 valence electrons. The summed E-state index contributed by atoms with van der Waals surface area (Å²) in [7, 11) is 0. The number of hydrogen-bond donors (Lipinski definition) is 2. The average molecular weight is 392 g/mol. The Balaban J connectivity index is 1.43. The predicted molar refractivity (Wildman–Crippen MR) is 116 cm³/mol. The number of nitrogens with zero attached hydrogens (tertiary/aromatic N) is 1. The molecule has 5 heteroatoms. The lowest BCUT2D eigenvalue weighted by Crippen LogP contribution is -2.35. The summed E-state index contributed by atoms with van der Waals surface area (Å²) in [5, 5.41) is 3.09. The molecule has 0 spiro atoms. The zero-order valence-corrected chi connectivity index (χ0v) is 16.8. The van der Waals surface area contributed by atoms with E-state index in [4.69, 9.17) is 5.73 Å². The third-order valence-electron chi connectivity index (χ3n) is 6.24. The van der Waals surface area contributed by atoms with Gasteiger partial charge in [-0.3, -0.25) is 9.59 Å². The zero-order valence-electron chi connectivity index (χ0n) is 16.8. The van der Waals surface area contributed by atoms with Crippen LogP contribution in [0.15, 0.2) is 48.5 Å². The van der Waals surface area contributed by atoms with Gasteiger partial charge in [0.05, 0.1) is 0 Å². The second kappa shape index (κ2) is 8.78. The van der Waals surface area contributed by atoms with Gasteiger partial charge in [-0.1, -0.05) is 30.7 Å². The van der Waals surface area contributed by atoms with Gasteiger partial charge in [-0.15, -0.1) is 0 Å². The lowest BCUT2D eigenvalue weighted by Gasteiger charge is -2.27. The molecule has 2 aliphatic rings. The molecule has 1 heterocycles. The number of benzene rings is 2. The summed E-state index contributed by atoms with van der Waals surface area (Å²) in [5.41, 5.74) is 9.79. The number of amides is 2. The molecule has 0 unspecified atom stereocenters. The van der Waals surface area contributed by atoms with Gasteiger partial charge < -0.3 is 16.0 Å². The summed E-state index contributed by atoms with van der Waals surface area (Å²) < 4.78 is 0. The standard InChI is InChI=1S/C24H29N3O2/c25-16-17-5-3-6-18(15-17)21-7-4-8-22(21)24(29)26-19-10-12-20(13-11-19)27-14-2-1-9-23(27)28/h3,5-6,10-13,15,21-22H,1-2,4,7-9,14,16,25H2,(H,26,29)/t21-,22-/m1/s1. The minimum atomic E-state index is -0.0219. The van der Waals surface area contributed by atoms with Crippen LogP contribution in [0.4, 0.5) is 11.4 Å². The topological polar surface area (TPSA) is 75.4 Å². The van der Waals surface area contributed by atoms with Gasteiger partial charge in [0.1, 0.15) is 0 Å². The quantitative estimate of drug-likeness (QED) is 0.803. The molecule has 5 nitrogen and oxygen atoms in total. The highest BCUT2D eigenvalue weighted by atomic mass is 16.2. The van der Waals surface area contributed by atoms with E-state index in [-0.39, 0.29) is 23.7 Å². The Morgan fingerprint density at radius 1 is 1.07 bits per heavy atom. The van der Waals surface area contributed by atoms with Crippen molar-refractivity contribution in [3.8, 4) is 0 Å². The maximum atomic E-state index is 13.0. The summed E-state index contributed by atoms with van der Waals surface area (Å²) in [6.07, 6.45) is 5.63. The first-order chi connectivity index (χ1) is 14.2. The Hall–Kier alpha value is -2.66. The third-order valence-corrected chi connectivity index (χ3v) is 6.24. The van der Waals surface area contributed by atoms with Crippen molar-refractivity contribution in [2.24, 2.45) is 11.7 Å². The highest BCUT2D eigenvalue weighted by molar-refractivity contribution is 5.95. The maximum absolute atomic E-state index is 13.0. The molecule has 0 radical (unpaired) electrons. The first-order valence-corrected chi connectivity index (χ1v) is 10.7. The smallest absolute Gasteiger partial charge is 0.228 e. The number of carbonyl (C=O) groups excluding carboxylic acids is 2. The van der Waals surface area contributed by atoms with E-state index in [0.717, 1.165) is 55.6 Å². The minimum Gasteiger partial charge on any atom is -0.326 e. The van der Waals surface area contributed by atoms with E-state index in [9.17, 15) is 9.59 Å². The molecule has 2 aromatic carbocycles. The highest BCUT2D eigenvalue weighted by Crippen LogP contribution is 2.40. The third kappa shape index (κ3) is 4.35. The molecule has 1 saturated heterocycles. The molecule has 2 amide bonds. The molecule has 29 heavy (non-hydrogen) atoms. The molecule has 0 aromatic heterocycles. The summed E-state index contributed by atoms with van der Waals surface area (Å²) in [6.45, 7) is 1.29. The van der Waals surface area contributed by atoms with Gasteiger partial charge in [0.25, 0.3) is 0 Å². The van der Waals surface area contributed by atoms with Crippen LogP contribution in [0.2, 0.25) is 0 Å². The van der Waals surface area contributed by atoms with Gasteiger partial charge >= 0.3 is 0 Å². The van der Waals surface area contributed by atoms with Crippen LogP contribution < -0.4 is 16.0 Å². The molecule has 2 fully saturated rings. The number of rotatable bonds is 5. The molecular weight excluding hydrogens is 362 g/mol. The van der Waals surface area contributed by atoms with E-state index in [1.165, 1.54) is 5.56 Å². The predicted octanol–water partition coefficient (Wildman–Crippen LogP) is 4.18. The normalized spacial score (nSPS) is 22.0. The van der Waals surface area contributed by atoms with Crippen molar-refractivity contribution < 1.29 is 9.59 Å². The van der Waals surface area contributed by atoms with Gasteiger partial charge in [0.15, 0.2) is 0 Å². The van der Waals surface area contributed by atoms with Crippen LogP contribution in [0.25, 0.3) is 0 Å². The summed E-state index contributed by atoms with van der Waals surface area (Å²) in [4.78, 5) is 26.9. The van der Waals surface area contributed by atoms with Crippen LogP contribution in [0.5, 0.6) is 0 Å². The molecule has 1 aliphatic carbocycles.